The van der Waals surface area contributed by atoms with Gasteiger partial charge in [-0.15, -0.1) is 0 Å². The summed E-state index contributed by atoms with van der Waals surface area (Å²) >= 11 is 0. The highest BCUT2D eigenvalue weighted by molar-refractivity contribution is 5.91. The van der Waals surface area contributed by atoms with E-state index in [1.807, 2.05) is 0 Å². The molecule has 1 aromatic rings. The second kappa shape index (κ2) is 3.79. The van der Waals surface area contributed by atoms with Gasteiger partial charge in [-0.2, -0.15) is 0 Å². The number of nitrogens with zero attached hydrogens (tertiary/aromatic N) is 2. The third kappa shape index (κ3) is 1.77. The minimum Gasteiger partial charge on any atom is -0.395 e. The van der Waals surface area contributed by atoms with E-state index < -0.39 is 0 Å². The lowest BCUT2D eigenvalue weighted by Crippen LogP contribution is -2.35. The Kier molecular flexibility index (Phi) is 2.49. The minimum atomic E-state index is -0.181. The highest BCUT2D eigenvalue weighted by Crippen LogP contribution is 2.27. The van der Waals surface area contributed by atoms with Gasteiger partial charge in [-0.25, -0.2) is 0 Å². The van der Waals surface area contributed by atoms with Crippen LogP contribution in [0.2, 0.25) is 0 Å². The zero-order valence-corrected chi connectivity index (χ0v) is 7.72. The molecular formula is C9H12N2O3. The van der Waals surface area contributed by atoms with Crippen LogP contribution >= 0.6 is 0 Å². The van der Waals surface area contributed by atoms with Crippen LogP contribution in [0, 0.1) is 0 Å². The summed E-state index contributed by atoms with van der Waals surface area (Å²) in [5, 5.41) is 12.3. The first-order valence-corrected chi connectivity index (χ1v) is 4.65. The summed E-state index contributed by atoms with van der Waals surface area (Å²) in [4.78, 5) is 13.4. The number of hydrogen-bond acceptors (Lipinski definition) is 4. The van der Waals surface area contributed by atoms with Gasteiger partial charge in [0.25, 0.3) is 5.91 Å². The van der Waals surface area contributed by atoms with E-state index in [9.17, 15) is 4.79 Å². The molecule has 1 amide bonds. The quantitative estimate of drug-likeness (QED) is 0.750. The summed E-state index contributed by atoms with van der Waals surface area (Å²) in [6.45, 7) is 0.348. The van der Waals surface area contributed by atoms with Crippen molar-refractivity contribution >= 4 is 5.91 Å². The Morgan fingerprint density at radius 2 is 2.50 bits per heavy atom. The maximum Gasteiger partial charge on any atom is 0.292 e. The van der Waals surface area contributed by atoms with E-state index >= 15 is 0 Å². The molecule has 0 bridgehead atoms. The fourth-order valence-corrected chi connectivity index (χ4v) is 1.41. The van der Waals surface area contributed by atoms with Gasteiger partial charge < -0.3 is 14.5 Å². The summed E-state index contributed by atoms with van der Waals surface area (Å²) in [6, 6.07) is 1.81. The molecule has 0 saturated heterocycles. The first kappa shape index (κ1) is 9.21. The van der Waals surface area contributed by atoms with Crippen molar-refractivity contribution in [3.63, 3.8) is 0 Å². The Bertz CT molecular complexity index is 306. The zero-order chi connectivity index (χ0) is 9.97. The molecule has 0 unspecified atom stereocenters. The number of hydrogen-bond donors (Lipinski definition) is 1. The number of amides is 1. The van der Waals surface area contributed by atoms with E-state index in [-0.39, 0.29) is 24.3 Å². The summed E-state index contributed by atoms with van der Waals surface area (Å²) < 4.78 is 4.78. The van der Waals surface area contributed by atoms with Crippen LogP contribution in [0.5, 0.6) is 0 Å². The lowest BCUT2D eigenvalue weighted by molar-refractivity contribution is 0.0666. The number of aliphatic hydroxyl groups is 1. The van der Waals surface area contributed by atoms with Crippen molar-refractivity contribution in [2.45, 2.75) is 18.9 Å². The second-order valence-corrected chi connectivity index (χ2v) is 3.33. The molecule has 1 N–H and O–H groups in total. The summed E-state index contributed by atoms with van der Waals surface area (Å²) in [6.07, 6.45) is 3.47. The van der Waals surface area contributed by atoms with Crippen molar-refractivity contribution in [3.8, 4) is 0 Å². The number of rotatable bonds is 4. The van der Waals surface area contributed by atoms with Gasteiger partial charge in [0.15, 0.2) is 0 Å². The Morgan fingerprint density at radius 3 is 3.00 bits per heavy atom. The number of aromatic nitrogens is 1. The molecule has 1 aliphatic rings. The van der Waals surface area contributed by atoms with Crippen LogP contribution in [0.25, 0.3) is 0 Å². The van der Waals surface area contributed by atoms with Crippen LogP contribution in [0.1, 0.15) is 23.4 Å². The van der Waals surface area contributed by atoms with Gasteiger partial charge in [-0.3, -0.25) is 4.79 Å². The average Bonchev–Trinajstić information content (AvgIpc) is 2.88. The van der Waals surface area contributed by atoms with Crippen molar-refractivity contribution in [2.24, 2.45) is 0 Å². The minimum absolute atomic E-state index is 0.0175. The van der Waals surface area contributed by atoms with Crippen LogP contribution in [-0.2, 0) is 0 Å². The highest BCUT2D eigenvalue weighted by atomic mass is 16.5. The third-order valence-corrected chi connectivity index (χ3v) is 2.24. The molecule has 1 aromatic heterocycles. The molecule has 0 radical (unpaired) electrons. The van der Waals surface area contributed by atoms with Crippen LogP contribution in [-0.4, -0.2) is 40.3 Å². The molecule has 1 fully saturated rings. The van der Waals surface area contributed by atoms with Gasteiger partial charge >= 0.3 is 0 Å². The zero-order valence-electron chi connectivity index (χ0n) is 7.72. The first-order chi connectivity index (χ1) is 6.83. The van der Waals surface area contributed by atoms with E-state index in [0.717, 1.165) is 12.8 Å². The van der Waals surface area contributed by atoms with Gasteiger partial charge in [0.2, 0.25) is 5.76 Å². The molecule has 1 aliphatic carbocycles. The summed E-state index contributed by atoms with van der Waals surface area (Å²) in [5.74, 6) is 0.0596. The summed E-state index contributed by atoms with van der Waals surface area (Å²) in [7, 11) is 0. The number of carbonyl (C=O) groups excluding carboxylic acids is 1. The molecule has 14 heavy (non-hydrogen) atoms. The lowest BCUT2D eigenvalue weighted by atomic mass is 10.3. The predicted molar refractivity (Wildman–Crippen MR) is 47.6 cm³/mol. The molecular weight excluding hydrogens is 184 g/mol. The van der Waals surface area contributed by atoms with Gasteiger partial charge in [0.05, 0.1) is 12.8 Å². The van der Waals surface area contributed by atoms with Crippen LogP contribution in [0.3, 0.4) is 0 Å². The summed E-state index contributed by atoms with van der Waals surface area (Å²) in [5.41, 5.74) is 0. The molecule has 5 heteroatoms. The lowest BCUT2D eigenvalue weighted by Gasteiger charge is -2.19. The van der Waals surface area contributed by atoms with Crippen LogP contribution in [0.15, 0.2) is 16.8 Å². The third-order valence-electron chi connectivity index (χ3n) is 2.24. The van der Waals surface area contributed by atoms with Crippen molar-refractivity contribution in [3.05, 3.63) is 18.0 Å². The predicted octanol–water partition coefficient (Wildman–Crippen LogP) is 0.271. The largest absolute Gasteiger partial charge is 0.395 e. The standard InChI is InChI=1S/C9H12N2O3/c12-6-5-11(7-1-2-7)9(13)8-3-4-10-14-8/h3-4,7,12H,1-2,5-6H2. The van der Waals surface area contributed by atoms with Gasteiger partial charge in [0, 0.05) is 18.7 Å². The molecule has 76 valence electrons. The molecule has 1 saturated carbocycles. The average molecular weight is 196 g/mol. The molecule has 5 nitrogen and oxygen atoms in total. The number of carbonyl (C=O) groups is 1. The van der Waals surface area contributed by atoms with Crippen molar-refractivity contribution in [2.75, 3.05) is 13.2 Å². The molecule has 2 rings (SSSR count). The van der Waals surface area contributed by atoms with E-state index in [2.05, 4.69) is 5.16 Å². The fourth-order valence-electron chi connectivity index (χ4n) is 1.41. The normalized spacial score (nSPS) is 15.5. The van der Waals surface area contributed by atoms with Gasteiger partial charge in [0.1, 0.15) is 0 Å². The van der Waals surface area contributed by atoms with E-state index in [4.69, 9.17) is 9.63 Å². The van der Waals surface area contributed by atoms with Crippen LogP contribution in [0.4, 0.5) is 0 Å². The molecule has 0 aliphatic heterocycles. The maximum atomic E-state index is 11.8. The maximum absolute atomic E-state index is 11.8. The highest BCUT2D eigenvalue weighted by Gasteiger charge is 2.33. The Labute approximate surface area is 81.3 Å². The number of aliphatic hydroxyl groups excluding tert-OH is 1. The van der Waals surface area contributed by atoms with E-state index in [1.54, 1.807) is 4.90 Å². The second-order valence-electron chi connectivity index (χ2n) is 3.33. The monoisotopic (exact) mass is 196 g/mol. The van der Waals surface area contributed by atoms with Gasteiger partial charge in [-0.1, -0.05) is 5.16 Å². The fraction of sp³-hybridized carbons (Fsp3) is 0.556. The molecule has 0 aromatic carbocycles. The first-order valence-electron chi connectivity index (χ1n) is 4.65. The molecule has 0 spiro atoms. The molecule has 0 atom stereocenters. The smallest absolute Gasteiger partial charge is 0.292 e. The van der Waals surface area contributed by atoms with E-state index in [1.165, 1.54) is 12.3 Å². The Morgan fingerprint density at radius 1 is 1.71 bits per heavy atom. The van der Waals surface area contributed by atoms with E-state index in [0.29, 0.717) is 6.54 Å². The van der Waals surface area contributed by atoms with Crippen molar-refractivity contribution in [1.82, 2.24) is 10.1 Å². The SMILES string of the molecule is O=C(c1ccno1)N(CCO)C1CC1. The van der Waals surface area contributed by atoms with Crippen molar-refractivity contribution < 1.29 is 14.4 Å². The Balaban J connectivity index is 2.07. The topological polar surface area (TPSA) is 66.6 Å². The van der Waals surface area contributed by atoms with Crippen molar-refractivity contribution in [1.29, 1.82) is 0 Å². The molecule has 1 heterocycles. The van der Waals surface area contributed by atoms with Gasteiger partial charge in [-0.05, 0) is 12.8 Å². The van der Waals surface area contributed by atoms with Crippen LogP contribution < -0.4 is 0 Å². The Hall–Kier alpha value is -1.36.